The van der Waals surface area contributed by atoms with Crippen LogP contribution >= 0.6 is 0 Å². The summed E-state index contributed by atoms with van der Waals surface area (Å²) in [4.78, 5) is 0. The van der Waals surface area contributed by atoms with E-state index in [0.29, 0.717) is 0 Å². The number of para-hydroxylation sites is 1. The van der Waals surface area contributed by atoms with Crippen LogP contribution in [0.3, 0.4) is 0 Å². The average Bonchev–Trinajstić information content (AvgIpc) is 3.78. The Labute approximate surface area is 319 Å². The number of fused-ring (bicyclic) bond motifs is 10. The number of nitrogens with zero attached hydrogens (tertiary/aromatic N) is 3. The van der Waals surface area contributed by atoms with Gasteiger partial charge in [0.05, 0.1) is 28.3 Å². The van der Waals surface area contributed by atoms with Gasteiger partial charge in [-0.3, -0.25) is 0 Å². The van der Waals surface area contributed by atoms with E-state index in [1.165, 1.54) is 93.9 Å². The molecule has 8 aromatic rings. The number of pyridine rings is 1. The van der Waals surface area contributed by atoms with Crippen molar-refractivity contribution in [1.82, 2.24) is 8.97 Å². The fourth-order valence-corrected chi connectivity index (χ4v) is 11.9. The molecule has 54 heavy (non-hydrogen) atoms. The molecule has 0 atom stereocenters. The lowest BCUT2D eigenvalue weighted by Gasteiger charge is -2.44. The molecule has 0 saturated carbocycles. The SMILES string of the molecule is CCC1(CC)Cc2ccc(-n3c4ccccc4c4cc5c(cc43)C(C)(C)c3ccccc3-5)c3ccn4c5cc6c(cc5[n+]1c4c23)C(C)(C)C(C)(C)C6(C)C. The summed E-state index contributed by atoms with van der Waals surface area (Å²) in [7, 11) is 0. The van der Waals surface area contributed by atoms with Crippen LogP contribution in [-0.4, -0.2) is 8.97 Å². The van der Waals surface area contributed by atoms with E-state index in [2.05, 4.69) is 180 Å². The minimum Gasteiger partial charge on any atom is -0.309 e. The summed E-state index contributed by atoms with van der Waals surface area (Å²) < 4.78 is 7.93. The molecule has 0 saturated heterocycles. The fraction of sp³-hybridized carbons (Fsp3) is 0.353. The number of hydrogen-bond donors (Lipinski definition) is 0. The highest BCUT2D eigenvalue weighted by Crippen LogP contribution is 2.62. The van der Waals surface area contributed by atoms with Crippen molar-refractivity contribution in [2.24, 2.45) is 5.41 Å². The van der Waals surface area contributed by atoms with Gasteiger partial charge in [-0.2, -0.15) is 4.40 Å². The van der Waals surface area contributed by atoms with Gasteiger partial charge in [0, 0.05) is 28.0 Å². The maximum absolute atomic E-state index is 2.80. The largest absolute Gasteiger partial charge is 0.309 e. The van der Waals surface area contributed by atoms with Crippen molar-refractivity contribution >= 4 is 49.3 Å². The normalized spacial score (nSPS) is 19.4. The van der Waals surface area contributed by atoms with E-state index in [1.54, 1.807) is 0 Å². The Morgan fingerprint density at radius 1 is 0.593 bits per heavy atom. The van der Waals surface area contributed by atoms with Gasteiger partial charge >= 0.3 is 0 Å². The first-order chi connectivity index (χ1) is 25.7. The summed E-state index contributed by atoms with van der Waals surface area (Å²) in [5, 5.41) is 5.37. The lowest BCUT2D eigenvalue weighted by molar-refractivity contribution is -0.721. The number of benzene rings is 5. The molecule has 4 heterocycles. The van der Waals surface area contributed by atoms with Gasteiger partial charge in [0.15, 0.2) is 11.0 Å². The second-order valence-corrected chi connectivity index (χ2v) is 19.2. The maximum atomic E-state index is 2.80. The molecular weight excluding hydrogens is 655 g/mol. The van der Waals surface area contributed by atoms with Crippen LogP contribution in [0, 0.1) is 5.41 Å². The van der Waals surface area contributed by atoms with Crippen molar-refractivity contribution in [3.05, 3.63) is 125 Å². The van der Waals surface area contributed by atoms with Gasteiger partial charge in [-0.25, -0.2) is 4.57 Å². The summed E-state index contributed by atoms with van der Waals surface area (Å²) in [6.45, 7) is 24.5. The highest BCUT2D eigenvalue weighted by molar-refractivity contribution is 6.13. The minimum absolute atomic E-state index is 0.00576. The van der Waals surface area contributed by atoms with Crippen molar-refractivity contribution in [2.75, 3.05) is 0 Å². The van der Waals surface area contributed by atoms with Crippen LogP contribution in [0.4, 0.5) is 0 Å². The first-order valence-electron chi connectivity index (χ1n) is 20.4. The van der Waals surface area contributed by atoms with Crippen molar-refractivity contribution in [2.45, 2.75) is 110 Å². The highest BCUT2D eigenvalue weighted by atomic mass is 15.2. The van der Waals surface area contributed by atoms with Crippen LogP contribution in [-0.2, 0) is 28.2 Å². The van der Waals surface area contributed by atoms with Crippen molar-refractivity contribution in [3.63, 3.8) is 0 Å². The molecule has 3 nitrogen and oxygen atoms in total. The van der Waals surface area contributed by atoms with Crippen molar-refractivity contribution in [1.29, 1.82) is 0 Å². The quantitative estimate of drug-likeness (QED) is 0.162. The van der Waals surface area contributed by atoms with Crippen LogP contribution in [0.2, 0.25) is 0 Å². The first-order valence-corrected chi connectivity index (χ1v) is 20.4. The zero-order valence-electron chi connectivity index (χ0n) is 33.7. The molecule has 1 aliphatic heterocycles. The van der Waals surface area contributed by atoms with Gasteiger partial charge in [0.1, 0.15) is 5.54 Å². The molecule has 2 aliphatic carbocycles. The first kappa shape index (κ1) is 32.5. The zero-order chi connectivity index (χ0) is 37.5. The van der Waals surface area contributed by atoms with E-state index in [-0.39, 0.29) is 27.2 Å². The smallest absolute Gasteiger partial charge is 0.296 e. The van der Waals surface area contributed by atoms with E-state index in [4.69, 9.17) is 0 Å². The average molecular weight is 707 g/mol. The van der Waals surface area contributed by atoms with Crippen molar-refractivity contribution in [3.8, 4) is 16.8 Å². The van der Waals surface area contributed by atoms with Gasteiger partial charge in [-0.05, 0) is 110 Å². The van der Waals surface area contributed by atoms with E-state index in [9.17, 15) is 0 Å². The van der Waals surface area contributed by atoms with Gasteiger partial charge in [-0.15, -0.1) is 0 Å². The standard InChI is InChI=1S/C51H52N3/c1-11-51(12-2)29-30-21-22-41(53-40-20-16-14-18-32(40)35-25-34-31-17-13-15-19-36(31)47(3,4)37(34)26-42(35)53)33-23-24-52-43-27-38-39(28-44(43)54(51)46(52)45(30)33)49(7,8)50(9,10)48(38,5)6/h13-28H,11-12,29H2,1-10H3/q+1. The van der Waals surface area contributed by atoms with Crippen LogP contribution in [0.15, 0.2) is 97.2 Å². The van der Waals surface area contributed by atoms with Crippen LogP contribution in [0.25, 0.3) is 66.1 Å². The van der Waals surface area contributed by atoms with Crippen LogP contribution in [0.1, 0.15) is 110 Å². The molecule has 270 valence electrons. The van der Waals surface area contributed by atoms with E-state index in [0.717, 1.165) is 19.3 Å². The molecule has 0 bridgehead atoms. The molecule has 0 fully saturated rings. The maximum Gasteiger partial charge on any atom is 0.296 e. The molecule has 11 rings (SSSR count). The summed E-state index contributed by atoms with van der Waals surface area (Å²) in [6.07, 6.45) is 5.61. The third-order valence-electron chi connectivity index (χ3n) is 16.4. The minimum atomic E-state index is -0.0693. The number of hydrogen-bond acceptors (Lipinski definition) is 0. The fourth-order valence-electron chi connectivity index (χ4n) is 11.9. The van der Waals surface area contributed by atoms with Crippen LogP contribution in [0.5, 0.6) is 0 Å². The summed E-state index contributed by atoms with van der Waals surface area (Å²) in [5.74, 6) is 0. The zero-order valence-corrected chi connectivity index (χ0v) is 33.7. The second-order valence-electron chi connectivity index (χ2n) is 19.2. The van der Waals surface area contributed by atoms with Crippen LogP contribution < -0.4 is 4.57 Å². The van der Waals surface area contributed by atoms with E-state index in [1.807, 2.05) is 0 Å². The Morgan fingerprint density at radius 3 is 2.04 bits per heavy atom. The van der Waals surface area contributed by atoms with Gasteiger partial charge in [0.25, 0.3) is 5.65 Å². The molecule has 3 aromatic heterocycles. The highest BCUT2D eigenvalue weighted by Gasteiger charge is 2.58. The molecule has 5 aromatic carbocycles. The van der Waals surface area contributed by atoms with E-state index < -0.39 is 0 Å². The molecule has 0 N–H and O–H groups in total. The summed E-state index contributed by atoms with van der Waals surface area (Å²) in [6, 6.07) is 35.6. The molecular formula is C51H52N3+. The third kappa shape index (κ3) is 3.46. The Bertz CT molecular complexity index is 2990. The lowest BCUT2D eigenvalue weighted by Crippen LogP contribution is -2.58. The van der Waals surface area contributed by atoms with Gasteiger partial charge < -0.3 is 4.57 Å². The molecule has 0 radical (unpaired) electrons. The molecule has 3 heteroatoms. The topological polar surface area (TPSA) is 13.2 Å². The van der Waals surface area contributed by atoms with Gasteiger partial charge in [-0.1, -0.05) is 118 Å². The molecule has 0 amide bonds. The Morgan fingerprint density at radius 2 is 1.28 bits per heavy atom. The summed E-state index contributed by atoms with van der Waals surface area (Å²) in [5.41, 5.74) is 18.1. The predicted molar refractivity (Wildman–Crippen MR) is 227 cm³/mol. The predicted octanol–water partition coefficient (Wildman–Crippen LogP) is 12.6. The number of aromatic nitrogens is 3. The molecule has 0 spiro atoms. The second kappa shape index (κ2) is 9.85. The summed E-state index contributed by atoms with van der Waals surface area (Å²) >= 11 is 0. The lowest BCUT2D eigenvalue weighted by atomic mass is 9.59. The number of imidazole rings is 1. The molecule has 0 unspecified atom stereocenters. The monoisotopic (exact) mass is 706 g/mol. The third-order valence-corrected chi connectivity index (χ3v) is 16.4. The number of rotatable bonds is 3. The Hall–Kier alpha value is -4.89. The Kier molecular flexibility index (Phi) is 5.93. The van der Waals surface area contributed by atoms with Crippen molar-refractivity contribution < 1.29 is 4.57 Å². The van der Waals surface area contributed by atoms with Gasteiger partial charge in [0.2, 0.25) is 0 Å². The van der Waals surface area contributed by atoms with E-state index >= 15 is 0 Å². The Balaban J connectivity index is 1.26. The molecule has 3 aliphatic rings.